The van der Waals surface area contributed by atoms with Gasteiger partial charge in [-0.3, -0.25) is 9.89 Å². The van der Waals surface area contributed by atoms with E-state index >= 15 is 0 Å². The second kappa shape index (κ2) is 11.6. The second-order valence-electron chi connectivity index (χ2n) is 8.05. The number of guanidine groups is 1. The Kier molecular flexibility index (Phi) is 8.59. The van der Waals surface area contributed by atoms with Crippen LogP contribution in [0.1, 0.15) is 43.9 Å². The fourth-order valence-electron chi connectivity index (χ4n) is 4.06. The lowest BCUT2D eigenvalue weighted by Gasteiger charge is -2.37. The number of methoxy groups -OCH3 is 1. The fourth-order valence-corrected chi connectivity index (χ4v) is 4.06. The van der Waals surface area contributed by atoms with Crippen LogP contribution in [-0.4, -0.2) is 55.3 Å². The third-order valence-corrected chi connectivity index (χ3v) is 5.99. The van der Waals surface area contributed by atoms with E-state index in [2.05, 4.69) is 59.7 Å². The molecule has 0 amide bonds. The highest BCUT2D eigenvalue weighted by Crippen LogP contribution is 2.25. The number of aliphatic imine (C=N–C) groups is 1. The van der Waals surface area contributed by atoms with Crippen LogP contribution in [0.4, 0.5) is 0 Å². The monoisotopic (exact) mass is 424 g/mol. The number of hydrogen-bond donors (Lipinski definition) is 3. The third-order valence-electron chi connectivity index (χ3n) is 5.99. The van der Waals surface area contributed by atoms with Gasteiger partial charge in [0.2, 0.25) is 0 Å². The summed E-state index contributed by atoms with van der Waals surface area (Å²) >= 11 is 0. The van der Waals surface area contributed by atoms with Gasteiger partial charge in [0.15, 0.2) is 5.96 Å². The summed E-state index contributed by atoms with van der Waals surface area (Å²) in [5.41, 5.74) is 2.26. The maximum Gasteiger partial charge on any atom is 0.191 e. The van der Waals surface area contributed by atoms with Gasteiger partial charge in [-0.25, -0.2) is 0 Å². The normalized spacial score (nSPS) is 16.7. The Hall–Kier alpha value is -2.73. The van der Waals surface area contributed by atoms with E-state index in [-0.39, 0.29) is 5.75 Å². The van der Waals surface area contributed by atoms with Gasteiger partial charge in [0.05, 0.1) is 7.11 Å². The topological polar surface area (TPSA) is 69.1 Å². The van der Waals surface area contributed by atoms with Crippen molar-refractivity contribution in [1.29, 1.82) is 0 Å². The fraction of sp³-hybridized carbons (Fsp3) is 0.480. The SMILES string of the molecule is CCNC(=NCCc1ccc(OC)cc1O)NC1CCN(C(C)c2ccccc2)CC1. The van der Waals surface area contributed by atoms with Crippen molar-refractivity contribution in [2.24, 2.45) is 4.99 Å². The number of phenolic OH excluding ortho intramolecular Hbond substituents is 1. The number of nitrogens with zero attached hydrogens (tertiary/aromatic N) is 2. The molecule has 0 aromatic heterocycles. The molecule has 168 valence electrons. The van der Waals surface area contributed by atoms with E-state index < -0.39 is 0 Å². The number of likely N-dealkylation sites (tertiary alicyclic amines) is 1. The summed E-state index contributed by atoms with van der Waals surface area (Å²) in [6.07, 6.45) is 2.88. The van der Waals surface area contributed by atoms with Crippen LogP contribution in [-0.2, 0) is 6.42 Å². The molecule has 1 aliphatic rings. The summed E-state index contributed by atoms with van der Waals surface area (Å²) in [6.45, 7) is 7.96. The molecule has 1 fully saturated rings. The summed E-state index contributed by atoms with van der Waals surface area (Å²) in [5, 5.41) is 17.1. The lowest BCUT2D eigenvalue weighted by molar-refractivity contribution is 0.158. The number of nitrogens with one attached hydrogen (secondary N) is 2. The quantitative estimate of drug-likeness (QED) is 0.445. The van der Waals surface area contributed by atoms with Gasteiger partial charge < -0.3 is 20.5 Å². The van der Waals surface area contributed by atoms with Crippen molar-refractivity contribution in [3.63, 3.8) is 0 Å². The molecule has 0 spiro atoms. The first-order valence-corrected chi connectivity index (χ1v) is 11.3. The van der Waals surface area contributed by atoms with Gasteiger partial charge in [-0.1, -0.05) is 36.4 Å². The summed E-state index contributed by atoms with van der Waals surface area (Å²) in [6, 6.07) is 17.0. The van der Waals surface area contributed by atoms with Crippen molar-refractivity contribution in [3.05, 3.63) is 59.7 Å². The number of benzene rings is 2. The molecule has 2 aromatic rings. The molecule has 0 bridgehead atoms. The average molecular weight is 425 g/mol. The maximum absolute atomic E-state index is 10.1. The molecule has 6 heteroatoms. The average Bonchev–Trinajstić information content (AvgIpc) is 2.80. The van der Waals surface area contributed by atoms with Crippen LogP contribution in [0.15, 0.2) is 53.5 Å². The minimum atomic E-state index is 0.257. The Morgan fingerprint density at radius 2 is 1.94 bits per heavy atom. The van der Waals surface area contributed by atoms with Crippen molar-refractivity contribution in [2.75, 3.05) is 33.3 Å². The zero-order chi connectivity index (χ0) is 22.1. The first-order chi connectivity index (χ1) is 15.1. The molecule has 0 aliphatic carbocycles. The van der Waals surface area contributed by atoms with E-state index in [4.69, 9.17) is 9.73 Å². The number of piperidine rings is 1. The summed E-state index contributed by atoms with van der Waals surface area (Å²) in [7, 11) is 1.60. The minimum absolute atomic E-state index is 0.257. The molecule has 3 N–H and O–H groups in total. The molecule has 31 heavy (non-hydrogen) atoms. The number of phenols is 1. The van der Waals surface area contributed by atoms with E-state index in [1.165, 1.54) is 5.56 Å². The molecule has 3 rings (SSSR count). The molecule has 0 radical (unpaired) electrons. The second-order valence-corrected chi connectivity index (χ2v) is 8.05. The highest BCUT2D eigenvalue weighted by atomic mass is 16.5. The zero-order valence-electron chi connectivity index (χ0n) is 19.0. The molecule has 1 saturated heterocycles. The largest absolute Gasteiger partial charge is 0.508 e. The predicted octanol–water partition coefficient (Wildman–Crippen LogP) is 3.72. The standard InChI is InChI=1S/C25H36N4O2/c1-4-26-25(27-15-12-21-10-11-23(31-3)18-24(21)30)28-22-13-16-29(17-14-22)19(2)20-8-6-5-7-9-20/h5-11,18-19,22,30H,4,12-17H2,1-3H3,(H2,26,27,28). The number of aromatic hydroxyl groups is 1. The van der Waals surface area contributed by atoms with E-state index in [0.717, 1.165) is 44.0 Å². The van der Waals surface area contributed by atoms with E-state index in [1.54, 1.807) is 13.2 Å². The zero-order valence-corrected chi connectivity index (χ0v) is 19.0. The molecule has 0 saturated carbocycles. The van der Waals surface area contributed by atoms with E-state index in [9.17, 15) is 5.11 Å². The van der Waals surface area contributed by atoms with Crippen molar-refractivity contribution in [2.45, 2.75) is 45.2 Å². The molecule has 1 heterocycles. The molecule has 1 atom stereocenters. The van der Waals surface area contributed by atoms with Crippen LogP contribution < -0.4 is 15.4 Å². The summed E-state index contributed by atoms with van der Waals surface area (Å²) in [4.78, 5) is 7.29. The maximum atomic E-state index is 10.1. The van der Waals surface area contributed by atoms with Crippen LogP contribution in [0.3, 0.4) is 0 Å². The molecule has 6 nitrogen and oxygen atoms in total. The predicted molar refractivity (Wildman–Crippen MR) is 127 cm³/mol. The van der Waals surface area contributed by atoms with Crippen LogP contribution in [0.25, 0.3) is 0 Å². The van der Waals surface area contributed by atoms with Gasteiger partial charge in [-0.2, -0.15) is 0 Å². The Morgan fingerprint density at radius 1 is 1.19 bits per heavy atom. The van der Waals surface area contributed by atoms with Gasteiger partial charge in [0.1, 0.15) is 11.5 Å². The van der Waals surface area contributed by atoms with E-state index in [0.29, 0.717) is 30.8 Å². The molecule has 2 aromatic carbocycles. The lowest BCUT2D eigenvalue weighted by Crippen LogP contribution is -2.49. The third kappa shape index (κ3) is 6.62. The minimum Gasteiger partial charge on any atom is -0.508 e. The van der Waals surface area contributed by atoms with Crippen molar-refractivity contribution in [1.82, 2.24) is 15.5 Å². The van der Waals surface area contributed by atoms with Crippen LogP contribution >= 0.6 is 0 Å². The van der Waals surface area contributed by atoms with Gasteiger partial charge >= 0.3 is 0 Å². The molecule has 1 aliphatic heterocycles. The number of ether oxygens (including phenoxy) is 1. The van der Waals surface area contributed by atoms with Gasteiger partial charge in [0, 0.05) is 44.3 Å². The number of rotatable bonds is 8. The smallest absolute Gasteiger partial charge is 0.191 e. The van der Waals surface area contributed by atoms with Gasteiger partial charge in [0.25, 0.3) is 0 Å². The molecular weight excluding hydrogens is 388 g/mol. The van der Waals surface area contributed by atoms with Gasteiger partial charge in [-0.15, -0.1) is 0 Å². The van der Waals surface area contributed by atoms with Gasteiger partial charge in [-0.05, 0) is 50.3 Å². The van der Waals surface area contributed by atoms with Crippen molar-refractivity contribution < 1.29 is 9.84 Å². The lowest BCUT2D eigenvalue weighted by atomic mass is 10.0. The molecule has 1 unspecified atom stereocenters. The van der Waals surface area contributed by atoms with Crippen LogP contribution in [0, 0.1) is 0 Å². The van der Waals surface area contributed by atoms with Crippen LogP contribution in [0.5, 0.6) is 11.5 Å². The van der Waals surface area contributed by atoms with E-state index in [1.807, 2.05) is 12.1 Å². The summed E-state index contributed by atoms with van der Waals surface area (Å²) in [5.74, 6) is 1.77. The van der Waals surface area contributed by atoms with Crippen molar-refractivity contribution in [3.8, 4) is 11.5 Å². The summed E-state index contributed by atoms with van der Waals surface area (Å²) < 4.78 is 5.15. The Morgan fingerprint density at radius 3 is 2.58 bits per heavy atom. The first kappa shape index (κ1) is 22.9. The highest BCUT2D eigenvalue weighted by molar-refractivity contribution is 5.80. The molecular formula is C25H36N4O2. The number of hydrogen-bond acceptors (Lipinski definition) is 4. The van der Waals surface area contributed by atoms with Crippen molar-refractivity contribution >= 4 is 5.96 Å². The highest BCUT2D eigenvalue weighted by Gasteiger charge is 2.24. The first-order valence-electron chi connectivity index (χ1n) is 11.3. The Labute approximate surface area is 186 Å². The Bertz CT molecular complexity index is 833. The Balaban J connectivity index is 1.50. The van der Waals surface area contributed by atoms with Crippen LogP contribution in [0.2, 0.25) is 0 Å².